The smallest absolute Gasteiger partial charge is 0.220 e. The predicted molar refractivity (Wildman–Crippen MR) is 94.2 cm³/mol. The average molecular weight is 318 g/mol. The van der Waals surface area contributed by atoms with Gasteiger partial charge in [-0.1, -0.05) is 51.1 Å². The summed E-state index contributed by atoms with van der Waals surface area (Å²) in [6.45, 7) is 9.81. The third kappa shape index (κ3) is 7.31. The molecular weight excluding hydrogens is 288 g/mol. The van der Waals surface area contributed by atoms with Gasteiger partial charge in [-0.15, -0.1) is 0 Å². The number of carbonyl (C=O) groups is 2. The fourth-order valence-electron chi connectivity index (χ4n) is 2.64. The Balaban J connectivity index is 2.36. The Kier molecular flexibility index (Phi) is 8.38. The number of amides is 2. The minimum Gasteiger partial charge on any atom is -0.355 e. The Morgan fingerprint density at radius 1 is 1.17 bits per heavy atom. The van der Waals surface area contributed by atoms with Crippen molar-refractivity contribution in [3.05, 3.63) is 35.9 Å². The molecule has 0 aliphatic carbocycles. The molecule has 0 heterocycles. The van der Waals surface area contributed by atoms with Crippen molar-refractivity contribution in [1.29, 1.82) is 0 Å². The van der Waals surface area contributed by atoms with Crippen molar-refractivity contribution in [3.8, 4) is 0 Å². The molecule has 0 saturated carbocycles. The minimum atomic E-state index is 0.0558. The first-order valence-electron chi connectivity index (χ1n) is 8.51. The first-order valence-corrected chi connectivity index (χ1v) is 8.51. The van der Waals surface area contributed by atoms with Crippen LogP contribution in [0.3, 0.4) is 0 Å². The number of hydrogen-bond donors (Lipinski definition) is 1. The Bertz CT molecular complexity index is 487. The lowest BCUT2D eigenvalue weighted by Gasteiger charge is -2.24. The highest BCUT2D eigenvalue weighted by molar-refractivity contribution is 5.76. The topological polar surface area (TPSA) is 49.4 Å². The average Bonchev–Trinajstić information content (AvgIpc) is 2.52. The van der Waals surface area contributed by atoms with Gasteiger partial charge in [-0.2, -0.15) is 0 Å². The SMILES string of the molecule is CCCN(CC(C)CC(=O)NCC(C)c1ccccc1)C(C)=O. The molecule has 4 heteroatoms. The van der Waals surface area contributed by atoms with E-state index < -0.39 is 0 Å². The molecule has 1 aromatic rings. The van der Waals surface area contributed by atoms with E-state index in [2.05, 4.69) is 31.3 Å². The van der Waals surface area contributed by atoms with Crippen molar-refractivity contribution in [2.75, 3.05) is 19.6 Å². The van der Waals surface area contributed by atoms with Crippen LogP contribution in [0.5, 0.6) is 0 Å². The Labute approximate surface area is 140 Å². The standard InChI is InChI=1S/C19H30N2O2/c1-5-11-21(17(4)22)14-15(2)12-19(23)20-13-16(3)18-9-7-6-8-10-18/h6-10,15-16H,5,11-14H2,1-4H3,(H,20,23). The van der Waals surface area contributed by atoms with Gasteiger partial charge in [0.25, 0.3) is 0 Å². The minimum absolute atomic E-state index is 0.0558. The molecule has 0 radical (unpaired) electrons. The van der Waals surface area contributed by atoms with E-state index in [1.807, 2.05) is 30.0 Å². The van der Waals surface area contributed by atoms with E-state index in [4.69, 9.17) is 0 Å². The van der Waals surface area contributed by atoms with Crippen molar-refractivity contribution in [2.45, 2.75) is 46.5 Å². The van der Waals surface area contributed by atoms with Crippen LogP contribution in [0.25, 0.3) is 0 Å². The van der Waals surface area contributed by atoms with Crippen molar-refractivity contribution in [3.63, 3.8) is 0 Å². The summed E-state index contributed by atoms with van der Waals surface area (Å²) in [5.74, 6) is 0.596. The number of benzene rings is 1. The lowest BCUT2D eigenvalue weighted by molar-refractivity contribution is -0.130. The normalized spacial score (nSPS) is 13.2. The van der Waals surface area contributed by atoms with Gasteiger partial charge in [0.2, 0.25) is 11.8 Å². The second-order valence-corrected chi connectivity index (χ2v) is 6.39. The van der Waals surface area contributed by atoms with Gasteiger partial charge in [0.15, 0.2) is 0 Å². The van der Waals surface area contributed by atoms with E-state index in [1.165, 1.54) is 5.56 Å². The molecular formula is C19H30N2O2. The number of nitrogens with zero attached hydrogens (tertiary/aromatic N) is 1. The molecule has 2 atom stereocenters. The molecule has 23 heavy (non-hydrogen) atoms. The fraction of sp³-hybridized carbons (Fsp3) is 0.579. The zero-order valence-corrected chi connectivity index (χ0v) is 14.8. The zero-order valence-electron chi connectivity index (χ0n) is 14.8. The predicted octanol–water partition coefficient (Wildman–Crippen LogP) is 3.19. The molecule has 4 nitrogen and oxygen atoms in total. The number of hydrogen-bond acceptors (Lipinski definition) is 2. The van der Waals surface area contributed by atoms with Crippen LogP contribution in [0.2, 0.25) is 0 Å². The van der Waals surface area contributed by atoms with Crippen LogP contribution < -0.4 is 5.32 Å². The van der Waals surface area contributed by atoms with Crippen LogP contribution >= 0.6 is 0 Å². The summed E-state index contributed by atoms with van der Waals surface area (Å²) < 4.78 is 0. The molecule has 0 aliphatic heterocycles. The van der Waals surface area contributed by atoms with Crippen LogP contribution in [0, 0.1) is 5.92 Å². The maximum absolute atomic E-state index is 12.1. The van der Waals surface area contributed by atoms with Gasteiger partial charge in [0.1, 0.15) is 0 Å². The van der Waals surface area contributed by atoms with Gasteiger partial charge in [0.05, 0.1) is 0 Å². The summed E-state index contributed by atoms with van der Waals surface area (Å²) in [4.78, 5) is 25.5. The van der Waals surface area contributed by atoms with Gasteiger partial charge in [-0.05, 0) is 23.8 Å². The second-order valence-electron chi connectivity index (χ2n) is 6.39. The van der Waals surface area contributed by atoms with Crippen molar-refractivity contribution >= 4 is 11.8 Å². The summed E-state index contributed by atoms with van der Waals surface area (Å²) in [7, 11) is 0. The highest BCUT2D eigenvalue weighted by Crippen LogP contribution is 2.13. The molecule has 1 aromatic carbocycles. The zero-order chi connectivity index (χ0) is 17.2. The maximum Gasteiger partial charge on any atom is 0.220 e. The highest BCUT2D eigenvalue weighted by atomic mass is 16.2. The van der Waals surface area contributed by atoms with Crippen LogP contribution in [0.4, 0.5) is 0 Å². The van der Waals surface area contributed by atoms with Crippen molar-refractivity contribution < 1.29 is 9.59 Å². The molecule has 0 spiro atoms. The molecule has 1 rings (SSSR count). The number of nitrogens with one attached hydrogen (secondary N) is 1. The molecule has 0 aromatic heterocycles. The van der Waals surface area contributed by atoms with E-state index in [1.54, 1.807) is 6.92 Å². The summed E-state index contributed by atoms with van der Waals surface area (Å²) in [6, 6.07) is 10.2. The molecule has 0 saturated heterocycles. The summed E-state index contributed by atoms with van der Waals surface area (Å²) in [6.07, 6.45) is 1.39. The molecule has 128 valence electrons. The summed E-state index contributed by atoms with van der Waals surface area (Å²) in [5, 5.41) is 3.00. The van der Waals surface area contributed by atoms with E-state index in [0.717, 1.165) is 13.0 Å². The Morgan fingerprint density at radius 3 is 2.39 bits per heavy atom. The van der Waals surface area contributed by atoms with Gasteiger partial charge in [0, 0.05) is 33.0 Å². The van der Waals surface area contributed by atoms with Crippen LogP contribution in [-0.2, 0) is 9.59 Å². The maximum atomic E-state index is 12.1. The van der Waals surface area contributed by atoms with Crippen LogP contribution in [0.1, 0.15) is 52.0 Å². The van der Waals surface area contributed by atoms with Gasteiger partial charge >= 0.3 is 0 Å². The molecule has 2 unspecified atom stereocenters. The lowest BCUT2D eigenvalue weighted by atomic mass is 10.0. The third-order valence-electron chi connectivity index (χ3n) is 3.98. The number of carbonyl (C=O) groups excluding carboxylic acids is 2. The molecule has 1 N–H and O–H groups in total. The van der Waals surface area contributed by atoms with Gasteiger partial charge in [-0.25, -0.2) is 0 Å². The third-order valence-corrected chi connectivity index (χ3v) is 3.98. The van der Waals surface area contributed by atoms with Gasteiger partial charge < -0.3 is 10.2 Å². The Morgan fingerprint density at radius 2 is 1.83 bits per heavy atom. The van der Waals surface area contributed by atoms with E-state index in [-0.39, 0.29) is 17.7 Å². The molecule has 0 aliphatic rings. The van der Waals surface area contributed by atoms with E-state index in [0.29, 0.717) is 25.4 Å². The van der Waals surface area contributed by atoms with Gasteiger partial charge in [-0.3, -0.25) is 9.59 Å². The summed E-state index contributed by atoms with van der Waals surface area (Å²) in [5.41, 5.74) is 1.23. The number of rotatable bonds is 9. The highest BCUT2D eigenvalue weighted by Gasteiger charge is 2.15. The van der Waals surface area contributed by atoms with Crippen molar-refractivity contribution in [1.82, 2.24) is 10.2 Å². The van der Waals surface area contributed by atoms with Crippen molar-refractivity contribution in [2.24, 2.45) is 5.92 Å². The van der Waals surface area contributed by atoms with Crippen LogP contribution in [-0.4, -0.2) is 36.3 Å². The lowest BCUT2D eigenvalue weighted by Crippen LogP contribution is -2.36. The molecule has 0 fully saturated rings. The molecule has 2 amide bonds. The first-order chi connectivity index (χ1) is 10.9. The van der Waals surface area contributed by atoms with E-state index in [9.17, 15) is 9.59 Å². The van der Waals surface area contributed by atoms with Crippen LogP contribution in [0.15, 0.2) is 30.3 Å². The van der Waals surface area contributed by atoms with E-state index >= 15 is 0 Å². The summed E-state index contributed by atoms with van der Waals surface area (Å²) >= 11 is 0. The first kappa shape index (κ1) is 19.2. The largest absolute Gasteiger partial charge is 0.355 e. The monoisotopic (exact) mass is 318 g/mol. The quantitative estimate of drug-likeness (QED) is 0.760. The Hall–Kier alpha value is -1.84. The fourth-order valence-corrected chi connectivity index (χ4v) is 2.64. The second kappa shape index (κ2) is 10.0. The molecule has 0 bridgehead atoms.